The molecule has 0 aromatic heterocycles. The molecule has 1 N–H and O–H groups in total. The molecule has 0 unspecified atom stereocenters. The van der Waals surface area contributed by atoms with Crippen molar-refractivity contribution in [1.82, 2.24) is 15.1 Å². The van der Waals surface area contributed by atoms with E-state index in [1.807, 2.05) is 11.8 Å². The summed E-state index contributed by atoms with van der Waals surface area (Å²) in [6.07, 6.45) is 4.45. The van der Waals surface area contributed by atoms with Crippen LogP contribution in [-0.4, -0.2) is 58.7 Å². The van der Waals surface area contributed by atoms with Crippen molar-refractivity contribution < 1.29 is 14.4 Å². The number of amides is 3. The molecule has 0 radical (unpaired) electrons. The summed E-state index contributed by atoms with van der Waals surface area (Å²) in [4.78, 5) is 41.0. The van der Waals surface area contributed by atoms with Gasteiger partial charge in [-0.15, -0.1) is 12.4 Å². The standard InChI is InChI=1S/C16H23N3O3.ClH/c1-9-13-12(19(14(9)20)15(21)10-4-5-10)6-8-18(13)16(22)11-3-2-7-17-11;/h9-13,17H,2-8H2,1H3;1H/t9-,11-,12-,13+;/m0./s1. The monoisotopic (exact) mass is 341 g/mol. The molecule has 0 spiro atoms. The van der Waals surface area contributed by atoms with E-state index in [-0.39, 0.29) is 60.1 Å². The molecule has 128 valence electrons. The summed E-state index contributed by atoms with van der Waals surface area (Å²) in [5.74, 6) is -0.177. The van der Waals surface area contributed by atoms with Crippen LogP contribution < -0.4 is 5.32 Å². The van der Waals surface area contributed by atoms with Gasteiger partial charge in [-0.25, -0.2) is 0 Å². The third-order valence-corrected chi connectivity index (χ3v) is 5.70. The largest absolute Gasteiger partial charge is 0.335 e. The molecular weight excluding hydrogens is 318 g/mol. The van der Waals surface area contributed by atoms with Crippen LogP contribution >= 0.6 is 12.4 Å². The maximum absolute atomic E-state index is 12.7. The summed E-state index contributed by atoms with van der Waals surface area (Å²) in [7, 11) is 0. The Morgan fingerprint density at radius 2 is 1.87 bits per heavy atom. The normalized spacial score (nSPS) is 36.1. The molecule has 0 aromatic carbocycles. The van der Waals surface area contributed by atoms with Crippen molar-refractivity contribution in [2.24, 2.45) is 11.8 Å². The highest BCUT2D eigenvalue weighted by atomic mass is 35.5. The number of fused-ring (bicyclic) bond motifs is 1. The van der Waals surface area contributed by atoms with Gasteiger partial charge in [0.25, 0.3) is 0 Å². The molecule has 1 saturated carbocycles. The molecule has 4 rings (SSSR count). The van der Waals surface area contributed by atoms with E-state index in [1.165, 1.54) is 4.90 Å². The first kappa shape index (κ1) is 16.7. The summed E-state index contributed by atoms with van der Waals surface area (Å²) in [5.41, 5.74) is 0. The SMILES string of the molecule is C[C@@H]1C(=O)N(C(=O)C2CC2)[C@H]2CCN(C(=O)[C@@H]3CCCN3)[C@H]12.Cl. The fourth-order valence-corrected chi connectivity index (χ4v) is 4.36. The Bertz CT molecular complexity index is 531. The van der Waals surface area contributed by atoms with Gasteiger partial charge in [0, 0.05) is 12.5 Å². The molecule has 4 fully saturated rings. The predicted molar refractivity (Wildman–Crippen MR) is 85.9 cm³/mol. The third kappa shape index (κ3) is 2.56. The number of hydrogen-bond donors (Lipinski definition) is 1. The average molecular weight is 342 g/mol. The van der Waals surface area contributed by atoms with Gasteiger partial charge in [-0.1, -0.05) is 6.92 Å². The zero-order chi connectivity index (χ0) is 15.4. The Labute approximate surface area is 142 Å². The van der Waals surface area contributed by atoms with Gasteiger partial charge in [-0.3, -0.25) is 19.3 Å². The van der Waals surface area contributed by atoms with Gasteiger partial charge in [0.2, 0.25) is 17.7 Å². The highest BCUT2D eigenvalue weighted by Crippen LogP contribution is 2.41. The molecule has 3 saturated heterocycles. The van der Waals surface area contributed by atoms with E-state index in [0.717, 1.165) is 38.6 Å². The second-order valence-corrected chi connectivity index (χ2v) is 7.14. The molecule has 23 heavy (non-hydrogen) atoms. The molecule has 3 aliphatic heterocycles. The van der Waals surface area contributed by atoms with Crippen molar-refractivity contribution in [1.29, 1.82) is 0 Å². The van der Waals surface area contributed by atoms with Crippen molar-refractivity contribution >= 4 is 30.1 Å². The van der Waals surface area contributed by atoms with Crippen LogP contribution in [0.25, 0.3) is 0 Å². The summed E-state index contributed by atoms with van der Waals surface area (Å²) >= 11 is 0. The van der Waals surface area contributed by atoms with E-state index < -0.39 is 0 Å². The molecule has 6 nitrogen and oxygen atoms in total. The van der Waals surface area contributed by atoms with Gasteiger partial charge in [0.15, 0.2) is 0 Å². The lowest BCUT2D eigenvalue weighted by Crippen LogP contribution is -2.49. The Hall–Kier alpha value is -1.14. The molecule has 0 aromatic rings. The van der Waals surface area contributed by atoms with E-state index in [4.69, 9.17) is 0 Å². The minimum atomic E-state index is -0.263. The number of hydrogen-bond acceptors (Lipinski definition) is 4. The molecule has 4 atom stereocenters. The molecule has 7 heteroatoms. The number of rotatable bonds is 2. The van der Waals surface area contributed by atoms with Crippen molar-refractivity contribution in [3.05, 3.63) is 0 Å². The first-order valence-electron chi connectivity index (χ1n) is 8.50. The first-order valence-corrected chi connectivity index (χ1v) is 8.50. The number of nitrogens with zero attached hydrogens (tertiary/aromatic N) is 2. The zero-order valence-electron chi connectivity index (χ0n) is 13.4. The summed E-state index contributed by atoms with van der Waals surface area (Å²) in [5, 5.41) is 3.24. The van der Waals surface area contributed by atoms with Crippen molar-refractivity contribution in [3.8, 4) is 0 Å². The predicted octanol–water partition coefficient (Wildman–Crippen LogP) is 0.545. The summed E-state index contributed by atoms with van der Waals surface area (Å²) in [6.45, 7) is 3.42. The van der Waals surface area contributed by atoms with Gasteiger partial charge in [0.05, 0.1) is 24.0 Å². The number of carbonyl (C=O) groups is 3. The van der Waals surface area contributed by atoms with Crippen LogP contribution in [0, 0.1) is 11.8 Å². The minimum absolute atomic E-state index is 0. The van der Waals surface area contributed by atoms with E-state index in [2.05, 4.69) is 5.32 Å². The van der Waals surface area contributed by atoms with Gasteiger partial charge in [-0.05, 0) is 38.6 Å². The highest BCUT2D eigenvalue weighted by Gasteiger charge is 2.57. The fourth-order valence-electron chi connectivity index (χ4n) is 4.36. The maximum atomic E-state index is 12.7. The smallest absolute Gasteiger partial charge is 0.240 e. The summed E-state index contributed by atoms with van der Waals surface area (Å²) in [6, 6.07) is -0.319. The molecular formula is C16H24ClN3O3. The van der Waals surface area contributed by atoms with Gasteiger partial charge in [-0.2, -0.15) is 0 Å². The zero-order valence-corrected chi connectivity index (χ0v) is 14.2. The van der Waals surface area contributed by atoms with Gasteiger partial charge in [0.1, 0.15) is 0 Å². The van der Waals surface area contributed by atoms with Crippen LogP contribution in [0.3, 0.4) is 0 Å². The molecule has 3 amide bonds. The van der Waals surface area contributed by atoms with Crippen LogP contribution in [0.15, 0.2) is 0 Å². The van der Waals surface area contributed by atoms with Crippen molar-refractivity contribution in [2.75, 3.05) is 13.1 Å². The minimum Gasteiger partial charge on any atom is -0.335 e. The van der Waals surface area contributed by atoms with Crippen LogP contribution in [0.5, 0.6) is 0 Å². The Kier molecular flexibility index (Phi) is 4.40. The van der Waals surface area contributed by atoms with E-state index in [0.29, 0.717) is 6.54 Å². The van der Waals surface area contributed by atoms with Crippen molar-refractivity contribution in [2.45, 2.75) is 57.2 Å². The number of carbonyl (C=O) groups excluding carboxylic acids is 3. The van der Waals surface area contributed by atoms with Crippen LogP contribution in [0.2, 0.25) is 0 Å². The lowest BCUT2D eigenvalue weighted by atomic mass is 10.0. The van der Waals surface area contributed by atoms with Crippen molar-refractivity contribution in [3.63, 3.8) is 0 Å². The first-order chi connectivity index (χ1) is 10.6. The second kappa shape index (κ2) is 6.06. The van der Waals surface area contributed by atoms with Crippen LogP contribution in [0.4, 0.5) is 0 Å². The van der Waals surface area contributed by atoms with Crippen LogP contribution in [0.1, 0.15) is 39.0 Å². The fraction of sp³-hybridized carbons (Fsp3) is 0.812. The topological polar surface area (TPSA) is 69.7 Å². The average Bonchev–Trinajstić information content (AvgIpc) is 2.96. The highest BCUT2D eigenvalue weighted by molar-refractivity contribution is 6.01. The van der Waals surface area contributed by atoms with E-state index >= 15 is 0 Å². The molecule has 4 aliphatic rings. The van der Waals surface area contributed by atoms with E-state index in [1.54, 1.807) is 0 Å². The van der Waals surface area contributed by atoms with Gasteiger partial charge >= 0.3 is 0 Å². The third-order valence-electron chi connectivity index (χ3n) is 5.70. The van der Waals surface area contributed by atoms with Crippen LogP contribution in [-0.2, 0) is 14.4 Å². The van der Waals surface area contributed by atoms with E-state index in [9.17, 15) is 14.4 Å². The lowest BCUT2D eigenvalue weighted by Gasteiger charge is -2.28. The Morgan fingerprint density at radius 1 is 1.13 bits per heavy atom. The number of nitrogens with one attached hydrogen (secondary N) is 1. The molecule has 0 bridgehead atoms. The molecule has 3 heterocycles. The second-order valence-electron chi connectivity index (χ2n) is 7.14. The quantitative estimate of drug-likeness (QED) is 0.744. The maximum Gasteiger partial charge on any atom is 0.240 e. The number of likely N-dealkylation sites (tertiary alicyclic amines) is 2. The summed E-state index contributed by atoms with van der Waals surface area (Å²) < 4.78 is 0. The Morgan fingerprint density at radius 3 is 2.48 bits per heavy atom. The lowest BCUT2D eigenvalue weighted by molar-refractivity contribution is -0.145. The number of halogens is 1. The van der Waals surface area contributed by atoms with Gasteiger partial charge < -0.3 is 10.2 Å². The molecule has 1 aliphatic carbocycles. The number of imide groups is 1. The Balaban J connectivity index is 0.00000156.